The Morgan fingerprint density at radius 2 is 1.15 bits per heavy atom. The lowest BCUT2D eigenvalue weighted by molar-refractivity contribution is 0.666. The van der Waals surface area contributed by atoms with E-state index in [-0.39, 0.29) is 5.41 Å². The first-order valence-electron chi connectivity index (χ1n) is 17.9. The fourth-order valence-electron chi connectivity index (χ4n) is 8.66. The van der Waals surface area contributed by atoms with E-state index in [1.807, 2.05) is 48.5 Å². The fraction of sp³-hybridized carbons (Fsp3) is 0.0833. The summed E-state index contributed by atoms with van der Waals surface area (Å²) in [5.41, 5.74) is 16.1. The third kappa shape index (κ3) is 4.63. The van der Waals surface area contributed by atoms with Gasteiger partial charge in [-0.15, -0.1) is 0 Å². The Morgan fingerprint density at radius 1 is 0.519 bits per heavy atom. The summed E-state index contributed by atoms with van der Waals surface area (Å²) >= 11 is 0. The van der Waals surface area contributed by atoms with Crippen molar-refractivity contribution in [2.24, 2.45) is 0 Å². The molecule has 1 atom stereocenters. The summed E-state index contributed by atoms with van der Waals surface area (Å²) < 4.78 is 0. The second-order valence-corrected chi connectivity index (χ2v) is 13.8. The van der Waals surface area contributed by atoms with Crippen LogP contribution in [0.5, 0.6) is 0 Å². The topological polar surface area (TPSA) is 62.5 Å². The molecule has 0 saturated heterocycles. The predicted octanol–water partition coefficient (Wildman–Crippen LogP) is 10.8. The van der Waals surface area contributed by atoms with Crippen molar-refractivity contribution in [1.82, 2.24) is 15.0 Å². The Hall–Kier alpha value is -6.70. The molecule has 0 amide bonds. The van der Waals surface area contributed by atoms with Crippen LogP contribution in [-0.2, 0) is 11.8 Å². The smallest absolute Gasteiger partial charge is 0.164 e. The van der Waals surface area contributed by atoms with E-state index >= 15 is 0 Å². The lowest BCUT2D eigenvalue weighted by Gasteiger charge is -2.42. The van der Waals surface area contributed by atoms with E-state index in [9.17, 15) is 5.26 Å². The van der Waals surface area contributed by atoms with Gasteiger partial charge in [0.1, 0.15) is 0 Å². The molecule has 0 saturated carbocycles. The number of benzene rings is 6. The van der Waals surface area contributed by atoms with Crippen LogP contribution in [-0.4, -0.2) is 15.0 Å². The van der Waals surface area contributed by atoms with Gasteiger partial charge in [-0.25, -0.2) is 15.0 Å². The van der Waals surface area contributed by atoms with E-state index in [4.69, 9.17) is 15.0 Å². The van der Waals surface area contributed by atoms with Crippen molar-refractivity contribution in [3.8, 4) is 51.4 Å². The van der Waals surface area contributed by atoms with Gasteiger partial charge in [-0.3, -0.25) is 0 Å². The minimum atomic E-state index is -0.385. The normalized spacial score (nSPS) is 16.5. The van der Waals surface area contributed by atoms with E-state index in [1.54, 1.807) is 0 Å². The summed E-state index contributed by atoms with van der Waals surface area (Å²) in [4.78, 5) is 15.4. The van der Waals surface area contributed by atoms with Gasteiger partial charge in [0, 0.05) is 16.7 Å². The molecule has 0 radical (unpaired) electrons. The standard InChI is InChI=1S/C48H32N4/c49-30-31-21-23-32(24-22-31)34-14-10-15-37(27-34)46-50-45(33-11-2-1-3-12-33)51-47(52-46)38-26-25-36-28-35-13-4-7-18-41(35)48(44(36)29-38)42-19-8-5-16-39(42)40-17-6-9-20-43(40)48/h1-8,10-19,21-27,29H,9,20,28H2. The summed E-state index contributed by atoms with van der Waals surface area (Å²) in [6.07, 6.45) is 7.61. The van der Waals surface area contributed by atoms with Crippen LogP contribution in [0.1, 0.15) is 51.8 Å². The number of nitrogens with zero attached hydrogens (tertiary/aromatic N) is 4. The monoisotopic (exact) mass is 664 g/mol. The number of nitriles is 1. The summed E-state index contributed by atoms with van der Waals surface area (Å²) in [6.45, 7) is 0. The number of hydrogen-bond donors (Lipinski definition) is 0. The van der Waals surface area contributed by atoms with Crippen LogP contribution in [0.25, 0.3) is 50.9 Å². The molecule has 1 spiro atoms. The Balaban J connectivity index is 1.18. The van der Waals surface area contributed by atoms with Crippen molar-refractivity contribution in [3.63, 3.8) is 0 Å². The molecule has 6 aromatic carbocycles. The van der Waals surface area contributed by atoms with Crippen molar-refractivity contribution in [1.29, 1.82) is 5.26 Å². The average Bonchev–Trinajstić information content (AvgIpc) is 3.52. The molecule has 1 aromatic heterocycles. The highest BCUT2D eigenvalue weighted by atomic mass is 15.0. The lowest BCUT2D eigenvalue weighted by Crippen LogP contribution is -2.35. The molecule has 0 bridgehead atoms. The van der Waals surface area contributed by atoms with E-state index in [1.165, 1.54) is 44.5 Å². The average molecular weight is 665 g/mol. The minimum Gasteiger partial charge on any atom is -0.208 e. The van der Waals surface area contributed by atoms with Crippen molar-refractivity contribution >= 4 is 5.57 Å². The first kappa shape index (κ1) is 30.2. The number of aromatic nitrogens is 3. The van der Waals surface area contributed by atoms with Crippen LogP contribution in [0.2, 0.25) is 0 Å². The molecule has 0 N–H and O–H groups in total. The number of hydrogen-bond acceptors (Lipinski definition) is 4. The fourth-order valence-corrected chi connectivity index (χ4v) is 8.66. The summed E-state index contributed by atoms with van der Waals surface area (Å²) in [5.74, 6) is 1.90. The highest BCUT2D eigenvalue weighted by Gasteiger charge is 2.50. The van der Waals surface area contributed by atoms with Crippen molar-refractivity contribution in [3.05, 3.63) is 202 Å². The molecule has 4 heteroatoms. The maximum absolute atomic E-state index is 9.32. The molecule has 1 unspecified atom stereocenters. The van der Waals surface area contributed by atoms with Crippen LogP contribution >= 0.6 is 0 Å². The second kappa shape index (κ2) is 12.0. The molecule has 0 aliphatic heterocycles. The van der Waals surface area contributed by atoms with Gasteiger partial charge in [0.25, 0.3) is 0 Å². The number of rotatable bonds is 4. The molecule has 0 fully saturated rings. The summed E-state index contributed by atoms with van der Waals surface area (Å²) in [7, 11) is 0. The van der Waals surface area contributed by atoms with Gasteiger partial charge in [-0.05, 0) is 99.2 Å². The molecule has 4 nitrogen and oxygen atoms in total. The molecule has 3 aliphatic carbocycles. The van der Waals surface area contributed by atoms with Crippen molar-refractivity contribution < 1.29 is 0 Å². The van der Waals surface area contributed by atoms with Crippen LogP contribution < -0.4 is 0 Å². The zero-order valence-electron chi connectivity index (χ0n) is 28.4. The molecule has 52 heavy (non-hydrogen) atoms. The maximum Gasteiger partial charge on any atom is 0.164 e. The third-order valence-electron chi connectivity index (χ3n) is 11.0. The highest BCUT2D eigenvalue weighted by molar-refractivity contribution is 5.92. The van der Waals surface area contributed by atoms with Gasteiger partial charge in [0.15, 0.2) is 17.5 Å². The van der Waals surface area contributed by atoms with Crippen LogP contribution in [0.3, 0.4) is 0 Å². The van der Waals surface area contributed by atoms with Gasteiger partial charge in [-0.2, -0.15) is 5.26 Å². The highest BCUT2D eigenvalue weighted by Crippen LogP contribution is 2.60. The lowest BCUT2D eigenvalue weighted by atomic mass is 9.60. The first-order chi connectivity index (χ1) is 25.7. The van der Waals surface area contributed by atoms with Gasteiger partial charge in [0.2, 0.25) is 0 Å². The third-order valence-corrected chi connectivity index (χ3v) is 11.0. The Bertz CT molecular complexity index is 2660. The molecular formula is C48H32N4. The Labute approximate surface area is 303 Å². The largest absolute Gasteiger partial charge is 0.208 e. The number of allylic oxidation sites excluding steroid dienone is 4. The predicted molar refractivity (Wildman–Crippen MR) is 207 cm³/mol. The van der Waals surface area contributed by atoms with Crippen LogP contribution in [0.15, 0.2) is 163 Å². The molecule has 10 rings (SSSR count). The molecule has 1 heterocycles. The minimum absolute atomic E-state index is 0.385. The van der Waals surface area contributed by atoms with E-state index in [0.717, 1.165) is 47.1 Å². The molecular weight excluding hydrogens is 633 g/mol. The van der Waals surface area contributed by atoms with E-state index < -0.39 is 0 Å². The second-order valence-electron chi connectivity index (χ2n) is 13.8. The van der Waals surface area contributed by atoms with Crippen molar-refractivity contribution in [2.45, 2.75) is 24.7 Å². The molecule has 244 valence electrons. The first-order valence-corrected chi connectivity index (χ1v) is 17.9. The SMILES string of the molecule is N#Cc1ccc(-c2cccc(-c3nc(-c4ccccc4)nc(-c4ccc5c(c4)C4(C6=C(C=CCC6)c6ccccc64)c4ccccc4C5)n3)c2)cc1. The van der Waals surface area contributed by atoms with Gasteiger partial charge in [-0.1, -0.05) is 133 Å². The molecule has 7 aromatic rings. The van der Waals surface area contributed by atoms with Gasteiger partial charge in [0.05, 0.1) is 17.0 Å². The maximum atomic E-state index is 9.32. The van der Waals surface area contributed by atoms with Crippen LogP contribution in [0.4, 0.5) is 0 Å². The zero-order valence-corrected chi connectivity index (χ0v) is 28.4. The Morgan fingerprint density at radius 3 is 1.96 bits per heavy atom. The van der Waals surface area contributed by atoms with E-state index in [0.29, 0.717) is 23.0 Å². The van der Waals surface area contributed by atoms with Crippen LogP contribution in [0, 0.1) is 11.3 Å². The van der Waals surface area contributed by atoms with Crippen molar-refractivity contribution in [2.75, 3.05) is 0 Å². The van der Waals surface area contributed by atoms with E-state index in [2.05, 4.69) is 115 Å². The molecule has 3 aliphatic rings. The Kier molecular flexibility index (Phi) is 6.94. The van der Waals surface area contributed by atoms with Gasteiger partial charge >= 0.3 is 0 Å². The zero-order chi connectivity index (χ0) is 34.6. The quantitative estimate of drug-likeness (QED) is 0.188. The number of fused-ring (bicyclic) bond motifs is 8. The van der Waals surface area contributed by atoms with Gasteiger partial charge < -0.3 is 0 Å². The summed E-state index contributed by atoms with van der Waals surface area (Å²) in [5, 5.41) is 9.32. The summed E-state index contributed by atoms with van der Waals surface area (Å²) in [6, 6.07) is 53.2.